The third kappa shape index (κ3) is 4.75. The van der Waals surface area contributed by atoms with E-state index in [0.717, 1.165) is 32.8 Å². The van der Waals surface area contributed by atoms with Gasteiger partial charge < -0.3 is 4.90 Å². The smallest absolute Gasteiger partial charge is 0.260 e. The Morgan fingerprint density at radius 1 is 1.11 bits per heavy atom. The number of benzene rings is 2. The van der Waals surface area contributed by atoms with E-state index in [1.165, 1.54) is 11.1 Å². The van der Waals surface area contributed by atoms with Crippen LogP contribution in [0.5, 0.6) is 0 Å². The number of hydrogen-bond acceptors (Lipinski definition) is 4. The lowest BCUT2D eigenvalue weighted by atomic mass is 10.1. The molecule has 6 heteroatoms. The molecule has 0 bridgehead atoms. The molecule has 4 nitrogen and oxygen atoms in total. The molecule has 0 aliphatic carbocycles. The van der Waals surface area contributed by atoms with Crippen molar-refractivity contribution in [3.63, 3.8) is 0 Å². The van der Waals surface area contributed by atoms with Gasteiger partial charge in [-0.1, -0.05) is 33.3 Å². The van der Waals surface area contributed by atoms with Gasteiger partial charge in [0, 0.05) is 16.6 Å². The lowest BCUT2D eigenvalue weighted by Crippen LogP contribution is -2.33. The van der Waals surface area contributed by atoms with E-state index in [-0.39, 0.29) is 5.91 Å². The lowest BCUT2D eigenvalue weighted by Gasteiger charge is -2.21. The molecule has 0 atom stereocenters. The Labute approximate surface area is 172 Å². The molecule has 1 amide bonds. The standard InChI is InChI=1S/C21H24BrN3OS/c1-14-12-15(2)19-18(13-14)23-21(27-19)25(11-5-10-24(3)4)20(26)16-6-8-17(22)9-7-16/h6-9,12-13H,5,10-11H2,1-4H3. The molecule has 0 spiro atoms. The molecule has 0 saturated heterocycles. The van der Waals surface area contributed by atoms with Crippen LogP contribution in [0.25, 0.3) is 10.2 Å². The Hall–Kier alpha value is -1.76. The van der Waals surface area contributed by atoms with E-state index >= 15 is 0 Å². The number of anilines is 1. The molecule has 27 heavy (non-hydrogen) atoms. The third-order valence-electron chi connectivity index (χ3n) is 4.36. The monoisotopic (exact) mass is 445 g/mol. The largest absolute Gasteiger partial charge is 0.309 e. The number of amides is 1. The van der Waals surface area contributed by atoms with Crippen LogP contribution in [0.15, 0.2) is 40.9 Å². The summed E-state index contributed by atoms with van der Waals surface area (Å²) in [4.78, 5) is 22.0. The van der Waals surface area contributed by atoms with E-state index in [0.29, 0.717) is 12.1 Å². The van der Waals surface area contributed by atoms with Crippen molar-refractivity contribution < 1.29 is 4.79 Å². The number of carbonyl (C=O) groups is 1. The average Bonchev–Trinajstić information content (AvgIpc) is 3.02. The normalized spacial score (nSPS) is 11.3. The SMILES string of the molecule is Cc1cc(C)c2sc(N(CCCN(C)C)C(=O)c3ccc(Br)cc3)nc2c1. The van der Waals surface area contributed by atoms with Gasteiger partial charge in [-0.2, -0.15) is 0 Å². The summed E-state index contributed by atoms with van der Waals surface area (Å²) in [5, 5.41) is 0.769. The molecule has 0 fully saturated rings. The Kier molecular flexibility index (Phi) is 6.29. The van der Waals surface area contributed by atoms with E-state index in [2.05, 4.69) is 46.8 Å². The Morgan fingerprint density at radius 2 is 1.81 bits per heavy atom. The number of rotatable bonds is 6. The van der Waals surface area contributed by atoms with E-state index in [9.17, 15) is 4.79 Å². The van der Waals surface area contributed by atoms with Gasteiger partial charge >= 0.3 is 0 Å². The van der Waals surface area contributed by atoms with Gasteiger partial charge in [0.25, 0.3) is 5.91 Å². The van der Waals surface area contributed by atoms with E-state index < -0.39 is 0 Å². The van der Waals surface area contributed by atoms with Crippen LogP contribution in [0.2, 0.25) is 0 Å². The van der Waals surface area contributed by atoms with Crippen molar-refractivity contribution in [2.24, 2.45) is 0 Å². The Bertz CT molecular complexity index is 950. The molecule has 0 saturated carbocycles. The molecule has 3 rings (SSSR count). The van der Waals surface area contributed by atoms with Gasteiger partial charge in [-0.25, -0.2) is 4.98 Å². The number of halogens is 1. The van der Waals surface area contributed by atoms with Gasteiger partial charge in [-0.3, -0.25) is 9.69 Å². The molecule has 1 aromatic heterocycles. The first-order valence-electron chi connectivity index (χ1n) is 8.95. The zero-order chi connectivity index (χ0) is 19.6. The van der Waals surface area contributed by atoms with Crippen molar-refractivity contribution in [3.05, 3.63) is 57.6 Å². The summed E-state index contributed by atoms with van der Waals surface area (Å²) in [6.07, 6.45) is 0.892. The Balaban J connectivity index is 1.97. The molecular weight excluding hydrogens is 422 g/mol. The molecule has 0 N–H and O–H groups in total. The van der Waals surface area contributed by atoms with Crippen molar-refractivity contribution in [3.8, 4) is 0 Å². The molecule has 0 unspecified atom stereocenters. The molecule has 0 aliphatic rings. The van der Waals surface area contributed by atoms with Gasteiger partial charge in [-0.05, 0) is 82.4 Å². The van der Waals surface area contributed by atoms with Crippen molar-refractivity contribution in [2.45, 2.75) is 20.3 Å². The van der Waals surface area contributed by atoms with Crippen LogP contribution in [0, 0.1) is 13.8 Å². The van der Waals surface area contributed by atoms with Gasteiger partial charge in [-0.15, -0.1) is 0 Å². The summed E-state index contributed by atoms with van der Waals surface area (Å²) in [6.45, 7) is 5.75. The van der Waals surface area contributed by atoms with Crippen LogP contribution in [-0.2, 0) is 0 Å². The van der Waals surface area contributed by atoms with Crippen LogP contribution in [0.4, 0.5) is 5.13 Å². The van der Waals surface area contributed by atoms with E-state index in [1.807, 2.05) is 43.3 Å². The van der Waals surface area contributed by atoms with Crippen LogP contribution >= 0.6 is 27.3 Å². The third-order valence-corrected chi connectivity index (χ3v) is 6.12. The maximum absolute atomic E-state index is 13.2. The molecule has 1 heterocycles. The fourth-order valence-electron chi connectivity index (χ4n) is 3.06. The van der Waals surface area contributed by atoms with Crippen LogP contribution in [-0.4, -0.2) is 43.0 Å². The minimum absolute atomic E-state index is 0.00492. The first-order chi connectivity index (χ1) is 12.8. The molecule has 142 valence electrons. The summed E-state index contributed by atoms with van der Waals surface area (Å²) in [6, 6.07) is 11.8. The molecule has 0 radical (unpaired) electrons. The fraction of sp³-hybridized carbons (Fsp3) is 0.333. The molecule has 0 aliphatic heterocycles. The number of fused-ring (bicyclic) bond motifs is 1. The number of hydrogen-bond donors (Lipinski definition) is 0. The van der Waals surface area contributed by atoms with Crippen LogP contribution in [0.1, 0.15) is 27.9 Å². The molecular formula is C21H24BrN3OS. The van der Waals surface area contributed by atoms with Crippen molar-refractivity contribution >= 4 is 48.5 Å². The van der Waals surface area contributed by atoms with Crippen molar-refractivity contribution in [2.75, 3.05) is 32.1 Å². The van der Waals surface area contributed by atoms with Crippen molar-refractivity contribution in [1.29, 1.82) is 0 Å². The zero-order valence-corrected chi connectivity index (χ0v) is 18.5. The minimum atomic E-state index is -0.00492. The van der Waals surface area contributed by atoms with Crippen molar-refractivity contribution in [1.82, 2.24) is 9.88 Å². The topological polar surface area (TPSA) is 36.4 Å². The highest BCUT2D eigenvalue weighted by atomic mass is 79.9. The quantitative estimate of drug-likeness (QED) is 0.517. The highest BCUT2D eigenvalue weighted by molar-refractivity contribution is 9.10. The first kappa shape index (κ1) is 20.0. The van der Waals surface area contributed by atoms with Crippen LogP contribution < -0.4 is 4.90 Å². The summed E-state index contributed by atoms with van der Waals surface area (Å²) in [5.41, 5.74) is 4.04. The average molecular weight is 446 g/mol. The number of carbonyl (C=O) groups excluding carboxylic acids is 1. The predicted molar refractivity (Wildman–Crippen MR) is 118 cm³/mol. The highest BCUT2D eigenvalue weighted by Gasteiger charge is 2.21. The summed E-state index contributed by atoms with van der Waals surface area (Å²) >= 11 is 5.03. The number of nitrogens with zero attached hydrogens (tertiary/aromatic N) is 3. The maximum Gasteiger partial charge on any atom is 0.260 e. The predicted octanol–water partition coefficient (Wildman–Crippen LogP) is 5.27. The second-order valence-electron chi connectivity index (χ2n) is 7.05. The number of aryl methyl sites for hydroxylation is 2. The summed E-state index contributed by atoms with van der Waals surface area (Å²) in [7, 11) is 4.09. The number of aromatic nitrogens is 1. The van der Waals surface area contributed by atoms with Gasteiger partial charge in [0.15, 0.2) is 5.13 Å². The first-order valence-corrected chi connectivity index (χ1v) is 10.6. The molecule has 3 aromatic rings. The minimum Gasteiger partial charge on any atom is -0.309 e. The maximum atomic E-state index is 13.2. The Morgan fingerprint density at radius 3 is 2.48 bits per heavy atom. The lowest BCUT2D eigenvalue weighted by molar-refractivity contribution is 0.0986. The fourth-order valence-corrected chi connectivity index (χ4v) is 4.36. The molecule has 2 aromatic carbocycles. The highest BCUT2D eigenvalue weighted by Crippen LogP contribution is 2.33. The zero-order valence-electron chi connectivity index (χ0n) is 16.1. The summed E-state index contributed by atoms with van der Waals surface area (Å²) < 4.78 is 2.11. The number of thiazole rings is 1. The van der Waals surface area contributed by atoms with Gasteiger partial charge in [0.05, 0.1) is 10.2 Å². The summed E-state index contributed by atoms with van der Waals surface area (Å²) in [5.74, 6) is -0.00492. The second kappa shape index (κ2) is 8.50. The second-order valence-corrected chi connectivity index (χ2v) is 8.94. The van der Waals surface area contributed by atoms with Gasteiger partial charge in [0.2, 0.25) is 0 Å². The van der Waals surface area contributed by atoms with E-state index in [1.54, 1.807) is 11.3 Å². The van der Waals surface area contributed by atoms with Crippen LogP contribution in [0.3, 0.4) is 0 Å². The van der Waals surface area contributed by atoms with Gasteiger partial charge in [0.1, 0.15) is 0 Å². The van der Waals surface area contributed by atoms with E-state index in [4.69, 9.17) is 4.98 Å².